The number of benzene rings is 1. The van der Waals surface area contributed by atoms with Gasteiger partial charge in [-0.3, -0.25) is 4.79 Å². The summed E-state index contributed by atoms with van der Waals surface area (Å²) >= 11 is 3.23. The number of halogens is 1. The Labute approximate surface area is 113 Å². The smallest absolute Gasteiger partial charge is 0.255 e. The average Bonchev–Trinajstić information content (AvgIpc) is 2.81. The number of rotatable bonds is 4. The Balaban J connectivity index is 1.91. The van der Waals surface area contributed by atoms with E-state index in [1.807, 2.05) is 29.1 Å². The van der Waals surface area contributed by atoms with E-state index < -0.39 is 0 Å². The van der Waals surface area contributed by atoms with Crippen molar-refractivity contribution >= 4 is 21.8 Å². The van der Waals surface area contributed by atoms with Crippen LogP contribution in [0.2, 0.25) is 0 Å². The number of hydrogen-bond acceptors (Lipinski definition) is 2. The van der Waals surface area contributed by atoms with Gasteiger partial charge in [-0.25, -0.2) is 0 Å². The van der Waals surface area contributed by atoms with Crippen LogP contribution in [0.4, 0.5) is 0 Å². The molecule has 2 aromatic rings. The molecule has 0 saturated carbocycles. The van der Waals surface area contributed by atoms with Crippen LogP contribution < -0.4 is 5.32 Å². The molecule has 4 nitrogen and oxygen atoms in total. The van der Waals surface area contributed by atoms with Gasteiger partial charge in [0.25, 0.3) is 5.91 Å². The lowest BCUT2D eigenvalue weighted by Crippen LogP contribution is -2.27. The van der Waals surface area contributed by atoms with Gasteiger partial charge in [-0.05, 0) is 30.3 Å². The standard InChI is InChI=1S/C13H13BrN2O2/c14-10-3-4-11(12(17)9-10)13(18)15-5-8-16-6-1-2-7-16/h1-4,6-7,9,17H,5,8H2,(H,15,18). The van der Waals surface area contributed by atoms with Gasteiger partial charge in [0, 0.05) is 30.0 Å². The molecule has 0 unspecified atom stereocenters. The first-order valence-corrected chi connectivity index (χ1v) is 6.33. The lowest BCUT2D eigenvalue weighted by Gasteiger charge is -2.07. The highest BCUT2D eigenvalue weighted by Gasteiger charge is 2.10. The van der Waals surface area contributed by atoms with Gasteiger partial charge >= 0.3 is 0 Å². The van der Waals surface area contributed by atoms with E-state index in [1.165, 1.54) is 6.07 Å². The molecule has 0 saturated heterocycles. The molecule has 0 spiro atoms. The zero-order chi connectivity index (χ0) is 13.0. The molecule has 0 aliphatic heterocycles. The van der Waals surface area contributed by atoms with Crippen molar-refractivity contribution < 1.29 is 9.90 Å². The van der Waals surface area contributed by atoms with E-state index in [1.54, 1.807) is 12.1 Å². The van der Waals surface area contributed by atoms with Crippen LogP contribution in [-0.4, -0.2) is 22.1 Å². The normalized spacial score (nSPS) is 10.3. The van der Waals surface area contributed by atoms with Crippen molar-refractivity contribution in [3.8, 4) is 5.75 Å². The molecule has 1 amide bonds. The van der Waals surface area contributed by atoms with Crippen LogP contribution in [0.1, 0.15) is 10.4 Å². The first-order chi connectivity index (χ1) is 8.66. The molecule has 2 N–H and O–H groups in total. The predicted octanol–water partition coefficient (Wildman–Crippen LogP) is 2.39. The van der Waals surface area contributed by atoms with Crippen LogP contribution >= 0.6 is 15.9 Å². The molecule has 0 atom stereocenters. The molecule has 0 radical (unpaired) electrons. The fourth-order valence-electron chi connectivity index (χ4n) is 1.61. The molecule has 2 rings (SSSR count). The molecule has 0 fully saturated rings. The second-order valence-corrected chi connectivity index (χ2v) is 4.75. The number of carbonyl (C=O) groups is 1. The van der Waals surface area contributed by atoms with Crippen LogP contribution in [0.15, 0.2) is 47.2 Å². The largest absolute Gasteiger partial charge is 0.507 e. The van der Waals surface area contributed by atoms with Crippen LogP contribution in [0.3, 0.4) is 0 Å². The fraction of sp³-hybridized carbons (Fsp3) is 0.154. The highest BCUT2D eigenvalue weighted by molar-refractivity contribution is 9.10. The van der Waals surface area contributed by atoms with Crippen LogP contribution in [-0.2, 0) is 6.54 Å². The Bertz CT molecular complexity index is 538. The Morgan fingerprint density at radius 2 is 2.06 bits per heavy atom. The molecular weight excluding hydrogens is 296 g/mol. The summed E-state index contributed by atoms with van der Waals surface area (Å²) in [5.41, 5.74) is 0.283. The lowest BCUT2D eigenvalue weighted by molar-refractivity contribution is 0.0949. The van der Waals surface area contributed by atoms with Crippen molar-refractivity contribution in [1.82, 2.24) is 9.88 Å². The summed E-state index contributed by atoms with van der Waals surface area (Å²) in [6, 6.07) is 8.68. The van der Waals surface area contributed by atoms with Gasteiger partial charge < -0.3 is 15.0 Å². The van der Waals surface area contributed by atoms with Crippen LogP contribution in [0.25, 0.3) is 0 Å². The number of aromatic hydroxyl groups is 1. The monoisotopic (exact) mass is 308 g/mol. The van der Waals surface area contributed by atoms with E-state index in [0.717, 1.165) is 4.47 Å². The molecule has 94 valence electrons. The summed E-state index contributed by atoms with van der Waals surface area (Å²) in [6.07, 6.45) is 3.87. The number of carbonyl (C=O) groups excluding carboxylic acids is 1. The Morgan fingerprint density at radius 3 is 2.72 bits per heavy atom. The maximum Gasteiger partial charge on any atom is 0.255 e. The van der Waals surface area contributed by atoms with Gasteiger partial charge in [-0.1, -0.05) is 15.9 Å². The van der Waals surface area contributed by atoms with Crippen molar-refractivity contribution in [3.63, 3.8) is 0 Å². The van der Waals surface area contributed by atoms with Crippen molar-refractivity contribution in [2.45, 2.75) is 6.54 Å². The minimum Gasteiger partial charge on any atom is -0.507 e. The Hall–Kier alpha value is -1.75. The van der Waals surface area contributed by atoms with E-state index in [2.05, 4.69) is 21.2 Å². The minimum atomic E-state index is -0.271. The van der Waals surface area contributed by atoms with Crippen molar-refractivity contribution in [1.29, 1.82) is 0 Å². The molecule has 1 aromatic carbocycles. The van der Waals surface area contributed by atoms with E-state index in [0.29, 0.717) is 13.1 Å². The van der Waals surface area contributed by atoms with Crippen molar-refractivity contribution in [2.24, 2.45) is 0 Å². The number of nitrogens with zero attached hydrogens (tertiary/aromatic N) is 1. The minimum absolute atomic E-state index is 0.0251. The Morgan fingerprint density at radius 1 is 1.33 bits per heavy atom. The number of nitrogens with one attached hydrogen (secondary N) is 1. The molecule has 1 heterocycles. The van der Waals surface area contributed by atoms with Crippen molar-refractivity contribution in [2.75, 3.05) is 6.54 Å². The van der Waals surface area contributed by atoms with Gasteiger partial charge in [-0.15, -0.1) is 0 Å². The zero-order valence-electron chi connectivity index (χ0n) is 9.64. The van der Waals surface area contributed by atoms with Gasteiger partial charge in [0.05, 0.1) is 5.56 Å². The summed E-state index contributed by atoms with van der Waals surface area (Å²) in [7, 11) is 0. The Kier molecular flexibility index (Phi) is 4.04. The van der Waals surface area contributed by atoms with E-state index in [4.69, 9.17) is 0 Å². The van der Waals surface area contributed by atoms with Crippen molar-refractivity contribution in [3.05, 3.63) is 52.8 Å². The predicted molar refractivity (Wildman–Crippen MR) is 72.6 cm³/mol. The molecule has 5 heteroatoms. The second-order valence-electron chi connectivity index (χ2n) is 3.84. The summed E-state index contributed by atoms with van der Waals surface area (Å²) < 4.78 is 2.71. The van der Waals surface area contributed by atoms with Gasteiger partial charge in [-0.2, -0.15) is 0 Å². The second kappa shape index (κ2) is 5.73. The fourth-order valence-corrected chi connectivity index (χ4v) is 1.96. The topological polar surface area (TPSA) is 54.3 Å². The number of phenols is 1. The first-order valence-electron chi connectivity index (χ1n) is 5.54. The van der Waals surface area contributed by atoms with Gasteiger partial charge in [0.1, 0.15) is 5.75 Å². The first kappa shape index (κ1) is 12.7. The maximum atomic E-state index is 11.8. The summed E-state index contributed by atoms with van der Waals surface area (Å²) in [6.45, 7) is 1.22. The highest BCUT2D eigenvalue weighted by Crippen LogP contribution is 2.21. The van der Waals surface area contributed by atoms with Crippen LogP contribution in [0, 0.1) is 0 Å². The molecule has 0 bridgehead atoms. The average molecular weight is 309 g/mol. The third-order valence-electron chi connectivity index (χ3n) is 2.53. The number of aromatic nitrogens is 1. The molecule has 1 aromatic heterocycles. The van der Waals surface area contributed by atoms with Gasteiger partial charge in [0.15, 0.2) is 0 Å². The number of amides is 1. The van der Waals surface area contributed by atoms with Gasteiger partial charge in [0.2, 0.25) is 0 Å². The summed E-state index contributed by atoms with van der Waals surface area (Å²) in [5.74, 6) is -0.296. The summed E-state index contributed by atoms with van der Waals surface area (Å²) in [4.78, 5) is 11.8. The number of hydrogen-bond donors (Lipinski definition) is 2. The number of phenolic OH excluding ortho intramolecular Hbond substituents is 1. The molecular formula is C13H13BrN2O2. The highest BCUT2D eigenvalue weighted by atomic mass is 79.9. The zero-order valence-corrected chi connectivity index (χ0v) is 11.2. The van der Waals surface area contributed by atoms with Crippen LogP contribution in [0.5, 0.6) is 5.75 Å². The third-order valence-corrected chi connectivity index (χ3v) is 3.02. The maximum absolute atomic E-state index is 11.8. The van der Waals surface area contributed by atoms with E-state index in [9.17, 15) is 9.90 Å². The van der Waals surface area contributed by atoms with E-state index in [-0.39, 0.29) is 17.2 Å². The van der Waals surface area contributed by atoms with E-state index >= 15 is 0 Å². The SMILES string of the molecule is O=C(NCCn1cccc1)c1ccc(Br)cc1O. The third kappa shape index (κ3) is 3.13. The lowest BCUT2D eigenvalue weighted by atomic mass is 10.2. The molecule has 0 aliphatic carbocycles. The molecule has 0 aliphatic rings. The molecule has 18 heavy (non-hydrogen) atoms. The quantitative estimate of drug-likeness (QED) is 0.911. The summed E-state index contributed by atoms with van der Waals surface area (Å²) in [5, 5.41) is 12.4.